The third-order valence-corrected chi connectivity index (χ3v) is 5.47. The van der Waals surface area contributed by atoms with Gasteiger partial charge in [-0.1, -0.05) is 22.4 Å². The van der Waals surface area contributed by atoms with Crippen molar-refractivity contribution >= 4 is 33.5 Å². The third kappa shape index (κ3) is 2.67. The Bertz CT molecular complexity index is 679. The van der Waals surface area contributed by atoms with Gasteiger partial charge in [-0.25, -0.2) is 4.99 Å². The van der Waals surface area contributed by atoms with E-state index in [-0.39, 0.29) is 5.96 Å². The lowest BCUT2D eigenvalue weighted by Crippen LogP contribution is -2.58. The number of halogens is 1. The van der Waals surface area contributed by atoms with Crippen molar-refractivity contribution in [3.8, 4) is 5.75 Å². The Morgan fingerprint density at radius 1 is 1.22 bits per heavy atom. The minimum Gasteiger partial charge on any atom is -0.494 e. The number of anilines is 1. The molecule has 7 heteroatoms. The maximum Gasteiger partial charge on any atom is 0.220 e. The molecular weight excluding hydrogens is 358 g/mol. The third-order valence-electron chi connectivity index (χ3n) is 4.62. The summed E-state index contributed by atoms with van der Waals surface area (Å²) >= 11 is 3.55. The second-order valence-corrected chi connectivity index (χ2v) is 6.90. The monoisotopic (exact) mass is 379 g/mol. The van der Waals surface area contributed by atoms with E-state index in [2.05, 4.69) is 20.9 Å². The van der Waals surface area contributed by atoms with E-state index in [0.29, 0.717) is 5.96 Å². The topological polar surface area (TPSA) is 89.2 Å². The molecule has 1 spiro atoms. The summed E-state index contributed by atoms with van der Waals surface area (Å²) in [5.74, 6) is 1.41. The van der Waals surface area contributed by atoms with Gasteiger partial charge < -0.3 is 16.2 Å². The lowest BCUT2D eigenvalue weighted by Gasteiger charge is -2.46. The summed E-state index contributed by atoms with van der Waals surface area (Å²) in [7, 11) is 1.67. The average molecular weight is 380 g/mol. The first-order valence-electron chi connectivity index (χ1n) is 7.81. The van der Waals surface area contributed by atoms with E-state index in [9.17, 15) is 0 Å². The highest BCUT2D eigenvalue weighted by molar-refractivity contribution is 9.10. The van der Waals surface area contributed by atoms with Crippen LogP contribution < -0.4 is 21.1 Å². The zero-order chi connectivity index (χ0) is 16.6. The van der Waals surface area contributed by atoms with Gasteiger partial charge >= 0.3 is 0 Å². The quantitative estimate of drug-likeness (QED) is 0.826. The van der Waals surface area contributed by atoms with Crippen LogP contribution in [0.25, 0.3) is 0 Å². The summed E-state index contributed by atoms with van der Waals surface area (Å²) in [6.45, 7) is 2.01. The Labute approximate surface area is 144 Å². The molecule has 1 saturated carbocycles. The van der Waals surface area contributed by atoms with Crippen LogP contribution in [0.5, 0.6) is 5.75 Å². The number of guanidine groups is 2. The fourth-order valence-electron chi connectivity index (χ4n) is 3.56. The van der Waals surface area contributed by atoms with E-state index in [1.54, 1.807) is 7.11 Å². The van der Waals surface area contributed by atoms with Crippen LogP contribution in [0.2, 0.25) is 0 Å². The van der Waals surface area contributed by atoms with Crippen LogP contribution >= 0.6 is 15.9 Å². The van der Waals surface area contributed by atoms with Gasteiger partial charge in [0.05, 0.1) is 12.8 Å². The zero-order valence-electron chi connectivity index (χ0n) is 13.5. The summed E-state index contributed by atoms with van der Waals surface area (Å²) < 4.78 is 6.65. The minimum atomic E-state index is -0.457. The number of nitrogens with zero attached hydrogens (tertiary/aromatic N) is 3. The van der Waals surface area contributed by atoms with E-state index >= 15 is 0 Å². The first-order chi connectivity index (χ1) is 11.0. The molecule has 0 aromatic heterocycles. The summed E-state index contributed by atoms with van der Waals surface area (Å²) in [6, 6.07) is 3.99. The highest BCUT2D eigenvalue weighted by Crippen LogP contribution is 2.44. The first-order valence-corrected chi connectivity index (χ1v) is 8.60. The highest BCUT2D eigenvalue weighted by Gasteiger charge is 2.43. The number of ether oxygens (including phenoxy) is 1. The van der Waals surface area contributed by atoms with E-state index in [1.807, 2.05) is 24.0 Å². The van der Waals surface area contributed by atoms with Gasteiger partial charge in [0.1, 0.15) is 11.4 Å². The van der Waals surface area contributed by atoms with E-state index in [1.165, 1.54) is 6.42 Å². The average Bonchev–Trinajstić information content (AvgIpc) is 2.51. The zero-order valence-corrected chi connectivity index (χ0v) is 15.1. The van der Waals surface area contributed by atoms with Gasteiger partial charge in [-0.3, -0.25) is 4.90 Å². The Morgan fingerprint density at radius 2 is 1.91 bits per heavy atom. The van der Waals surface area contributed by atoms with E-state index in [4.69, 9.17) is 21.2 Å². The fraction of sp³-hybridized carbons (Fsp3) is 0.500. The predicted octanol–water partition coefficient (Wildman–Crippen LogP) is 2.88. The van der Waals surface area contributed by atoms with Gasteiger partial charge in [-0.05, 0) is 44.7 Å². The smallest absolute Gasteiger partial charge is 0.220 e. The second kappa shape index (κ2) is 6.03. The Morgan fingerprint density at radius 3 is 2.57 bits per heavy atom. The number of aliphatic imine (C=N–C) groups is 2. The van der Waals surface area contributed by atoms with E-state index < -0.39 is 5.66 Å². The van der Waals surface area contributed by atoms with Gasteiger partial charge in [0.15, 0.2) is 0 Å². The van der Waals surface area contributed by atoms with Crippen LogP contribution in [-0.4, -0.2) is 24.7 Å². The Hall–Kier alpha value is -1.76. The molecule has 1 aliphatic carbocycles. The van der Waals surface area contributed by atoms with Crippen molar-refractivity contribution in [1.82, 2.24) is 0 Å². The number of benzene rings is 1. The summed E-state index contributed by atoms with van der Waals surface area (Å²) in [5.41, 5.74) is 13.6. The van der Waals surface area contributed by atoms with Crippen molar-refractivity contribution < 1.29 is 4.74 Å². The molecule has 0 radical (unpaired) electrons. The molecule has 2 aliphatic rings. The molecule has 0 atom stereocenters. The SMILES string of the molecule is COc1c(N2C(N)=NC(N)=NC23CCCCC3)ccc(Br)c1C. The summed E-state index contributed by atoms with van der Waals surface area (Å²) in [5, 5.41) is 0. The maximum absolute atomic E-state index is 6.27. The molecule has 1 heterocycles. The van der Waals surface area contributed by atoms with Crippen molar-refractivity contribution in [3.63, 3.8) is 0 Å². The molecule has 0 bridgehead atoms. The van der Waals surface area contributed by atoms with Crippen molar-refractivity contribution in [2.45, 2.75) is 44.7 Å². The lowest BCUT2D eigenvalue weighted by atomic mass is 9.87. The molecule has 124 valence electrons. The largest absolute Gasteiger partial charge is 0.494 e. The van der Waals surface area contributed by atoms with E-state index in [0.717, 1.165) is 47.2 Å². The maximum atomic E-state index is 6.27. The second-order valence-electron chi connectivity index (χ2n) is 6.04. The van der Waals surface area contributed by atoms with Gasteiger partial charge in [-0.15, -0.1) is 0 Å². The molecule has 4 N–H and O–H groups in total. The number of hydrogen-bond acceptors (Lipinski definition) is 6. The van der Waals surface area contributed by atoms with Gasteiger partial charge in [-0.2, -0.15) is 4.99 Å². The number of methoxy groups -OCH3 is 1. The minimum absolute atomic E-state index is 0.258. The van der Waals surface area contributed by atoms with Crippen LogP contribution in [0.15, 0.2) is 26.6 Å². The molecule has 1 fully saturated rings. The van der Waals surface area contributed by atoms with Crippen LogP contribution in [0, 0.1) is 6.92 Å². The lowest BCUT2D eigenvalue weighted by molar-refractivity contribution is 0.303. The van der Waals surface area contributed by atoms with Crippen molar-refractivity contribution in [1.29, 1.82) is 0 Å². The Balaban J connectivity index is 2.16. The normalized spacial score (nSPS) is 20.2. The molecule has 0 saturated heterocycles. The number of nitrogens with two attached hydrogens (primary N) is 2. The van der Waals surface area contributed by atoms with Crippen LogP contribution in [-0.2, 0) is 0 Å². The molecule has 23 heavy (non-hydrogen) atoms. The van der Waals surface area contributed by atoms with Crippen molar-refractivity contribution in [2.24, 2.45) is 21.5 Å². The molecule has 1 aromatic carbocycles. The molecule has 6 nitrogen and oxygen atoms in total. The van der Waals surface area contributed by atoms with Gasteiger partial charge in [0.2, 0.25) is 11.9 Å². The van der Waals surface area contributed by atoms with Crippen molar-refractivity contribution in [2.75, 3.05) is 12.0 Å². The molecule has 0 unspecified atom stereocenters. The molecule has 1 aliphatic heterocycles. The number of rotatable bonds is 2. The highest BCUT2D eigenvalue weighted by atomic mass is 79.9. The molecule has 0 amide bonds. The van der Waals surface area contributed by atoms with Crippen molar-refractivity contribution in [3.05, 3.63) is 22.2 Å². The van der Waals surface area contributed by atoms with Crippen LogP contribution in [0.3, 0.4) is 0 Å². The summed E-state index contributed by atoms with van der Waals surface area (Å²) in [4.78, 5) is 10.9. The molecular formula is C16H22BrN5O. The van der Waals surface area contributed by atoms with Crippen LogP contribution in [0.4, 0.5) is 5.69 Å². The molecule has 1 aromatic rings. The fourth-order valence-corrected chi connectivity index (χ4v) is 3.87. The first kappa shape index (κ1) is 16.1. The summed E-state index contributed by atoms with van der Waals surface area (Å²) in [6.07, 6.45) is 5.21. The van der Waals surface area contributed by atoms with Crippen LogP contribution in [0.1, 0.15) is 37.7 Å². The van der Waals surface area contributed by atoms with Gasteiger partial charge in [0.25, 0.3) is 0 Å². The predicted molar refractivity (Wildman–Crippen MR) is 97.0 cm³/mol. The molecule has 3 rings (SSSR count). The number of hydrogen-bond donors (Lipinski definition) is 2. The Kier molecular flexibility index (Phi) is 4.23. The standard InChI is InChI=1S/C16H22BrN5O/c1-10-11(17)6-7-12(13(10)23-2)22-15(19)20-14(18)21-16(22)8-4-3-5-9-16/h6-7H,3-5,8-9H2,1-2H3,(H4,18,19,20,21). The van der Waals surface area contributed by atoms with Gasteiger partial charge in [0, 0.05) is 10.0 Å².